The van der Waals surface area contributed by atoms with Gasteiger partial charge in [-0.2, -0.15) is 4.98 Å². The molecule has 1 saturated heterocycles. The van der Waals surface area contributed by atoms with Crippen LogP contribution in [0.2, 0.25) is 10.0 Å². The van der Waals surface area contributed by atoms with Crippen molar-refractivity contribution in [1.82, 2.24) is 9.97 Å². The molecule has 1 aromatic heterocycles. The van der Waals surface area contributed by atoms with Gasteiger partial charge in [-0.05, 0) is 25.0 Å². The second-order valence-electron chi connectivity index (χ2n) is 5.69. The van der Waals surface area contributed by atoms with Crippen molar-refractivity contribution < 1.29 is 9.84 Å². The van der Waals surface area contributed by atoms with E-state index in [-0.39, 0.29) is 22.8 Å². The van der Waals surface area contributed by atoms with Gasteiger partial charge in [-0.1, -0.05) is 23.2 Å². The van der Waals surface area contributed by atoms with Gasteiger partial charge < -0.3 is 20.5 Å². The van der Waals surface area contributed by atoms with Gasteiger partial charge >= 0.3 is 0 Å². The molecule has 1 aliphatic heterocycles. The van der Waals surface area contributed by atoms with Crippen LogP contribution in [0.4, 0.5) is 11.8 Å². The molecule has 1 aromatic carbocycles. The summed E-state index contributed by atoms with van der Waals surface area (Å²) >= 11 is 12.4. The minimum atomic E-state index is -0.188. The highest BCUT2D eigenvalue weighted by molar-refractivity contribution is 6.34. The summed E-state index contributed by atoms with van der Waals surface area (Å²) in [4.78, 5) is 10.6. The Morgan fingerprint density at radius 2 is 2.04 bits per heavy atom. The van der Waals surface area contributed by atoms with Crippen molar-refractivity contribution in [3.63, 3.8) is 0 Å². The molecule has 0 amide bonds. The Labute approximate surface area is 150 Å². The van der Waals surface area contributed by atoms with E-state index in [2.05, 4.69) is 14.9 Å². The smallest absolute Gasteiger partial charge is 0.222 e. The van der Waals surface area contributed by atoms with E-state index >= 15 is 0 Å². The third-order valence-electron chi connectivity index (χ3n) is 3.92. The summed E-state index contributed by atoms with van der Waals surface area (Å²) in [6.07, 6.45) is 0.850. The first-order valence-electron chi connectivity index (χ1n) is 7.59. The van der Waals surface area contributed by atoms with Crippen LogP contribution < -0.4 is 10.6 Å². The first-order valence-corrected chi connectivity index (χ1v) is 8.34. The van der Waals surface area contributed by atoms with Crippen LogP contribution in [-0.4, -0.2) is 34.8 Å². The van der Waals surface area contributed by atoms with Crippen LogP contribution in [0.25, 0.3) is 0 Å². The van der Waals surface area contributed by atoms with Crippen molar-refractivity contribution in [1.29, 1.82) is 0 Å². The van der Waals surface area contributed by atoms with Crippen molar-refractivity contribution in [3.05, 3.63) is 39.5 Å². The first-order chi connectivity index (χ1) is 11.5. The number of nitrogen functional groups attached to an aromatic ring is 1. The average Bonchev–Trinajstić information content (AvgIpc) is 2.75. The number of rotatable bonds is 2. The van der Waals surface area contributed by atoms with Crippen LogP contribution in [0.3, 0.4) is 0 Å². The Kier molecular flexibility index (Phi) is 4.99. The topological polar surface area (TPSA) is 84.5 Å². The second-order valence-corrected chi connectivity index (χ2v) is 6.50. The normalized spacial score (nSPS) is 18.5. The molecular weight excluding hydrogens is 351 g/mol. The number of benzene rings is 1. The summed E-state index contributed by atoms with van der Waals surface area (Å²) < 4.78 is 5.72. The number of phenolic OH excluding ortho intramolecular Hbond substituents is 1. The van der Waals surface area contributed by atoms with Crippen LogP contribution in [0.1, 0.15) is 23.7 Å². The number of hydrogen-bond acceptors (Lipinski definition) is 6. The molecule has 2 heterocycles. The Hall–Kier alpha value is -1.76. The van der Waals surface area contributed by atoms with Gasteiger partial charge in [-0.25, -0.2) is 4.98 Å². The fourth-order valence-corrected chi connectivity index (χ4v) is 3.29. The maximum Gasteiger partial charge on any atom is 0.222 e. The predicted octanol–water partition coefficient (Wildman–Crippen LogP) is 3.35. The van der Waals surface area contributed by atoms with Crippen molar-refractivity contribution >= 4 is 35.0 Å². The largest absolute Gasteiger partial charge is 0.506 e. The lowest BCUT2D eigenvalue weighted by atomic mass is 10.1. The minimum absolute atomic E-state index is 0.0476. The average molecular weight is 369 g/mol. The number of nitrogens with zero attached hydrogens (tertiary/aromatic N) is 3. The molecule has 6 nitrogen and oxygen atoms in total. The van der Waals surface area contributed by atoms with Crippen LogP contribution in [0.15, 0.2) is 18.2 Å². The van der Waals surface area contributed by atoms with Gasteiger partial charge in [0.15, 0.2) is 0 Å². The Morgan fingerprint density at radius 1 is 1.25 bits per heavy atom. The van der Waals surface area contributed by atoms with Crippen molar-refractivity contribution in [2.45, 2.75) is 19.4 Å². The monoisotopic (exact) mass is 368 g/mol. The minimum Gasteiger partial charge on any atom is -0.506 e. The highest BCUT2D eigenvalue weighted by Crippen LogP contribution is 2.37. The molecule has 2 aromatic rings. The number of halogens is 2. The van der Waals surface area contributed by atoms with Gasteiger partial charge in [0.1, 0.15) is 11.6 Å². The highest BCUT2D eigenvalue weighted by Gasteiger charge is 2.27. The number of aryl methyl sites for hydroxylation is 1. The highest BCUT2D eigenvalue weighted by atomic mass is 35.5. The van der Waals surface area contributed by atoms with Gasteiger partial charge in [0, 0.05) is 36.0 Å². The molecule has 0 radical (unpaired) electrons. The maximum absolute atomic E-state index is 9.74. The van der Waals surface area contributed by atoms with Crippen LogP contribution in [0, 0.1) is 6.92 Å². The molecule has 0 aliphatic carbocycles. The van der Waals surface area contributed by atoms with Gasteiger partial charge in [-0.3, -0.25) is 0 Å². The van der Waals surface area contributed by atoms with Crippen LogP contribution in [-0.2, 0) is 4.74 Å². The van der Waals surface area contributed by atoms with E-state index in [0.717, 1.165) is 30.0 Å². The molecule has 0 bridgehead atoms. The fraction of sp³-hybridized carbons (Fsp3) is 0.375. The number of anilines is 2. The molecule has 24 heavy (non-hydrogen) atoms. The molecule has 1 aliphatic rings. The Bertz CT molecular complexity index is 737. The summed E-state index contributed by atoms with van der Waals surface area (Å²) in [5.74, 6) is 0.896. The Balaban J connectivity index is 2.06. The van der Waals surface area contributed by atoms with E-state index in [0.29, 0.717) is 18.2 Å². The van der Waals surface area contributed by atoms with Gasteiger partial charge in [-0.15, -0.1) is 0 Å². The van der Waals surface area contributed by atoms with E-state index in [1.165, 1.54) is 6.07 Å². The third-order valence-corrected chi connectivity index (χ3v) is 4.55. The molecule has 3 rings (SSSR count). The molecule has 3 N–H and O–H groups in total. The summed E-state index contributed by atoms with van der Waals surface area (Å²) in [7, 11) is 0. The number of aromatic nitrogens is 2. The zero-order valence-electron chi connectivity index (χ0n) is 13.2. The molecule has 0 spiro atoms. The van der Waals surface area contributed by atoms with Crippen molar-refractivity contribution in [2.75, 3.05) is 30.4 Å². The maximum atomic E-state index is 9.74. The number of aromatic hydroxyl groups is 1. The second kappa shape index (κ2) is 7.01. The third kappa shape index (κ3) is 3.50. The summed E-state index contributed by atoms with van der Waals surface area (Å²) in [6, 6.07) is 4.81. The standard InChI is InChI=1S/C16H18Cl2N4O2/c1-9-5-15(21-16(19)20-9)22-3-2-4-24-8-13(22)10-6-12(18)14(23)7-11(10)17/h5-7,13,23H,2-4,8H2,1H3,(H2,19,20,21)/t13-/m0/s1. The SMILES string of the molecule is Cc1cc(N2CCCOC[C@H]2c2cc(Cl)c(O)cc2Cl)nc(N)n1. The zero-order chi connectivity index (χ0) is 17.3. The number of hydrogen-bond donors (Lipinski definition) is 2. The first kappa shape index (κ1) is 17.1. The van der Waals surface area contributed by atoms with E-state index in [1.54, 1.807) is 6.07 Å². The summed E-state index contributed by atoms with van der Waals surface area (Å²) in [5.41, 5.74) is 7.37. The van der Waals surface area contributed by atoms with Gasteiger partial charge in [0.25, 0.3) is 0 Å². The van der Waals surface area contributed by atoms with E-state index in [4.69, 9.17) is 33.7 Å². The van der Waals surface area contributed by atoms with Crippen LogP contribution in [0.5, 0.6) is 5.75 Å². The van der Waals surface area contributed by atoms with Gasteiger partial charge in [0.2, 0.25) is 5.95 Å². The molecule has 128 valence electrons. The zero-order valence-corrected chi connectivity index (χ0v) is 14.7. The fourth-order valence-electron chi connectivity index (χ4n) is 2.84. The molecule has 8 heteroatoms. The Morgan fingerprint density at radius 3 is 2.79 bits per heavy atom. The predicted molar refractivity (Wildman–Crippen MR) is 94.8 cm³/mol. The summed E-state index contributed by atoms with van der Waals surface area (Å²) in [6.45, 7) is 3.68. The molecule has 0 unspecified atom stereocenters. The quantitative estimate of drug-likeness (QED) is 0.845. The number of phenols is 1. The lowest BCUT2D eigenvalue weighted by molar-refractivity contribution is 0.134. The van der Waals surface area contributed by atoms with Crippen molar-refractivity contribution in [3.8, 4) is 5.75 Å². The molecule has 1 atom stereocenters. The van der Waals surface area contributed by atoms with Crippen LogP contribution >= 0.6 is 23.2 Å². The van der Waals surface area contributed by atoms with E-state index in [9.17, 15) is 5.11 Å². The number of ether oxygens (including phenoxy) is 1. The van der Waals surface area contributed by atoms with Gasteiger partial charge in [0.05, 0.1) is 17.7 Å². The molecular formula is C16H18Cl2N4O2. The number of nitrogens with two attached hydrogens (primary N) is 1. The summed E-state index contributed by atoms with van der Waals surface area (Å²) in [5, 5.41) is 10.4. The van der Waals surface area contributed by atoms with E-state index in [1.807, 2.05) is 13.0 Å². The lowest BCUT2D eigenvalue weighted by Crippen LogP contribution is -2.32. The molecule has 0 saturated carbocycles. The lowest BCUT2D eigenvalue weighted by Gasteiger charge is -2.31. The van der Waals surface area contributed by atoms with E-state index < -0.39 is 0 Å². The molecule has 1 fully saturated rings. The van der Waals surface area contributed by atoms with Crippen molar-refractivity contribution in [2.24, 2.45) is 0 Å².